The summed E-state index contributed by atoms with van der Waals surface area (Å²) in [5.74, 6) is -0.930. The third-order valence-corrected chi connectivity index (χ3v) is 2.82. The van der Waals surface area contributed by atoms with Gasteiger partial charge in [0.15, 0.2) is 28.4 Å². The van der Waals surface area contributed by atoms with Crippen LogP contribution in [0, 0.1) is 0 Å². The van der Waals surface area contributed by atoms with Gasteiger partial charge in [-0.15, -0.1) is 0 Å². The fourth-order valence-electron chi connectivity index (χ4n) is 1.45. The minimum absolute atomic E-state index is 0.0542. The van der Waals surface area contributed by atoms with E-state index in [2.05, 4.69) is 20.3 Å². The first kappa shape index (κ1) is 17.4. The molecule has 0 bridgehead atoms. The number of rotatable bonds is 4. The summed E-state index contributed by atoms with van der Waals surface area (Å²) in [7, 11) is 0. The van der Waals surface area contributed by atoms with E-state index in [-0.39, 0.29) is 28.4 Å². The number of aliphatic imine (C=N–C) groups is 1. The van der Waals surface area contributed by atoms with E-state index in [4.69, 9.17) is 28.8 Å². The van der Waals surface area contributed by atoms with Crippen LogP contribution >= 0.6 is 11.6 Å². The number of carbonyl (C=O) groups excluding carboxylic acids is 1. The van der Waals surface area contributed by atoms with E-state index >= 15 is 0 Å². The minimum atomic E-state index is -0.666. The van der Waals surface area contributed by atoms with Gasteiger partial charge in [0.25, 0.3) is 5.91 Å². The van der Waals surface area contributed by atoms with Gasteiger partial charge >= 0.3 is 0 Å². The Morgan fingerprint density at radius 3 is 2.59 bits per heavy atom. The lowest BCUT2D eigenvalue weighted by molar-refractivity contribution is 0.0972. The van der Waals surface area contributed by atoms with Crippen molar-refractivity contribution in [3.05, 3.63) is 34.6 Å². The quantitative estimate of drug-likeness (QED) is 0.367. The first-order chi connectivity index (χ1) is 10.4. The molecular weight excluding hydrogens is 306 g/mol. The summed E-state index contributed by atoms with van der Waals surface area (Å²) in [6.07, 6.45) is 5.66. The van der Waals surface area contributed by atoms with Crippen molar-refractivity contribution in [2.75, 3.05) is 18.0 Å². The van der Waals surface area contributed by atoms with Gasteiger partial charge in [-0.05, 0) is 19.4 Å². The van der Waals surface area contributed by atoms with Crippen LogP contribution in [0.1, 0.15) is 24.3 Å². The average molecular weight is 324 g/mol. The van der Waals surface area contributed by atoms with Gasteiger partial charge in [-0.2, -0.15) is 0 Å². The van der Waals surface area contributed by atoms with Crippen molar-refractivity contribution in [1.82, 2.24) is 15.3 Å². The number of nitrogens with one attached hydrogen (secondary N) is 1. The van der Waals surface area contributed by atoms with E-state index in [0.29, 0.717) is 6.54 Å². The maximum atomic E-state index is 12.0. The topological polar surface area (TPSA) is 145 Å². The Morgan fingerprint density at radius 2 is 2.00 bits per heavy atom. The van der Waals surface area contributed by atoms with Crippen molar-refractivity contribution in [2.45, 2.75) is 13.8 Å². The number of nitrogens with zero attached hydrogens (tertiary/aromatic N) is 3. The maximum absolute atomic E-state index is 12.0. The first-order valence-electron chi connectivity index (χ1n) is 6.36. The van der Waals surface area contributed by atoms with Crippen LogP contribution in [0.25, 0.3) is 0 Å². The fourth-order valence-corrected chi connectivity index (χ4v) is 1.58. The van der Waals surface area contributed by atoms with Crippen LogP contribution in [0.5, 0.6) is 0 Å². The standard InChI is InChI=1S/C13H18ClN7O/c1-3-5-7(4-2)6-18-13(17)21-12(22)8-10(15)20-11(16)9(14)19-8/h3-5H,6H2,1-2H3,(H4,15,16,20)(H3,17,18,21,22)/b5-3-,7-4+. The number of hydrogen-bond acceptors (Lipinski definition) is 6. The van der Waals surface area contributed by atoms with E-state index in [1.165, 1.54) is 0 Å². The third-order valence-electron chi connectivity index (χ3n) is 2.55. The number of guanidine groups is 1. The molecule has 0 atom stereocenters. The van der Waals surface area contributed by atoms with Crippen LogP contribution in [-0.4, -0.2) is 28.4 Å². The summed E-state index contributed by atoms with van der Waals surface area (Å²) in [6.45, 7) is 4.10. The monoisotopic (exact) mass is 323 g/mol. The van der Waals surface area contributed by atoms with E-state index < -0.39 is 5.91 Å². The molecule has 7 N–H and O–H groups in total. The Balaban J connectivity index is 2.82. The number of halogens is 1. The van der Waals surface area contributed by atoms with E-state index in [0.717, 1.165) is 5.57 Å². The number of nitrogens with two attached hydrogens (primary N) is 3. The number of aromatic nitrogens is 2. The van der Waals surface area contributed by atoms with Gasteiger partial charge < -0.3 is 17.2 Å². The zero-order chi connectivity index (χ0) is 16.7. The number of hydrogen-bond donors (Lipinski definition) is 4. The molecule has 22 heavy (non-hydrogen) atoms. The molecule has 0 saturated carbocycles. The minimum Gasteiger partial charge on any atom is -0.382 e. The Labute approximate surface area is 133 Å². The second-order valence-electron chi connectivity index (χ2n) is 4.15. The molecule has 0 unspecified atom stereocenters. The highest BCUT2D eigenvalue weighted by Gasteiger charge is 2.16. The zero-order valence-corrected chi connectivity index (χ0v) is 13.1. The molecule has 9 heteroatoms. The van der Waals surface area contributed by atoms with Crippen LogP contribution in [0.4, 0.5) is 11.6 Å². The number of amides is 1. The third kappa shape index (κ3) is 4.74. The van der Waals surface area contributed by atoms with Crippen LogP contribution in [0.2, 0.25) is 5.15 Å². The molecule has 1 heterocycles. The molecule has 1 aromatic rings. The summed E-state index contributed by atoms with van der Waals surface area (Å²) >= 11 is 5.71. The number of anilines is 2. The zero-order valence-electron chi connectivity index (χ0n) is 12.3. The summed E-state index contributed by atoms with van der Waals surface area (Å²) in [5, 5.41) is 2.25. The fraction of sp³-hybridized carbons (Fsp3) is 0.231. The number of allylic oxidation sites excluding steroid dienone is 2. The highest BCUT2D eigenvalue weighted by molar-refractivity contribution is 6.31. The molecular formula is C13H18ClN7O. The number of carbonyl (C=O) groups is 1. The van der Waals surface area contributed by atoms with Gasteiger partial charge in [0.2, 0.25) is 0 Å². The molecule has 0 fully saturated rings. The summed E-state index contributed by atoms with van der Waals surface area (Å²) in [6, 6.07) is 0. The Hall–Kier alpha value is -2.61. The largest absolute Gasteiger partial charge is 0.382 e. The SMILES string of the molecule is C/C=C\C(=C/C)CN=C(N)NC(=O)c1nc(Cl)c(N)nc1N. The summed E-state index contributed by atoms with van der Waals surface area (Å²) in [4.78, 5) is 23.5. The molecule has 8 nitrogen and oxygen atoms in total. The molecule has 0 saturated heterocycles. The van der Waals surface area contributed by atoms with Gasteiger partial charge in [0, 0.05) is 0 Å². The average Bonchev–Trinajstić information content (AvgIpc) is 2.47. The Morgan fingerprint density at radius 1 is 1.32 bits per heavy atom. The molecule has 1 rings (SSSR count). The Kier molecular flexibility index (Phi) is 6.33. The number of nitrogen functional groups attached to an aromatic ring is 2. The van der Waals surface area contributed by atoms with Crippen molar-refractivity contribution >= 4 is 35.1 Å². The summed E-state index contributed by atoms with van der Waals surface area (Å²) in [5.41, 5.74) is 17.4. The van der Waals surface area contributed by atoms with E-state index in [1.54, 1.807) is 0 Å². The lowest BCUT2D eigenvalue weighted by Crippen LogP contribution is -2.38. The van der Waals surface area contributed by atoms with Crippen molar-refractivity contribution in [3.63, 3.8) is 0 Å². The summed E-state index contributed by atoms with van der Waals surface area (Å²) < 4.78 is 0. The van der Waals surface area contributed by atoms with Crippen molar-refractivity contribution in [3.8, 4) is 0 Å². The van der Waals surface area contributed by atoms with E-state index in [1.807, 2.05) is 32.1 Å². The second-order valence-corrected chi connectivity index (χ2v) is 4.51. The van der Waals surface area contributed by atoms with Crippen LogP contribution in [0.15, 0.2) is 28.8 Å². The maximum Gasteiger partial charge on any atom is 0.280 e. The van der Waals surface area contributed by atoms with Gasteiger partial charge in [0.1, 0.15) is 0 Å². The van der Waals surface area contributed by atoms with E-state index in [9.17, 15) is 4.79 Å². The second kappa shape index (κ2) is 7.99. The lowest BCUT2D eigenvalue weighted by atomic mass is 10.2. The van der Waals surface area contributed by atoms with Crippen molar-refractivity contribution in [2.24, 2.45) is 10.7 Å². The molecule has 118 valence electrons. The van der Waals surface area contributed by atoms with Crippen molar-refractivity contribution < 1.29 is 4.79 Å². The molecule has 0 aliphatic rings. The van der Waals surface area contributed by atoms with Gasteiger partial charge in [0.05, 0.1) is 6.54 Å². The van der Waals surface area contributed by atoms with Gasteiger partial charge in [-0.1, -0.05) is 29.8 Å². The smallest absolute Gasteiger partial charge is 0.280 e. The van der Waals surface area contributed by atoms with Crippen LogP contribution < -0.4 is 22.5 Å². The molecule has 0 aromatic carbocycles. The highest BCUT2D eigenvalue weighted by atomic mass is 35.5. The predicted molar refractivity (Wildman–Crippen MR) is 88.4 cm³/mol. The van der Waals surface area contributed by atoms with Crippen LogP contribution in [-0.2, 0) is 0 Å². The molecule has 0 aliphatic carbocycles. The Bertz CT molecular complexity index is 652. The normalized spacial score (nSPS) is 12.7. The molecule has 1 aromatic heterocycles. The first-order valence-corrected chi connectivity index (χ1v) is 6.74. The highest BCUT2D eigenvalue weighted by Crippen LogP contribution is 2.17. The molecule has 0 radical (unpaired) electrons. The molecule has 1 amide bonds. The van der Waals surface area contributed by atoms with Gasteiger partial charge in [-0.3, -0.25) is 10.1 Å². The molecule has 0 aliphatic heterocycles. The van der Waals surface area contributed by atoms with Crippen LogP contribution in [0.3, 0.4) is 0 Å². The van der Waals surface area contributed by atoms with Crippen molar-refractivity contribution in [1.29, 1.82) is 0 Å². The van der Waals surface area contributed by atoms with Gasteiger partial charge in [-0.25, -0.2) is 15.0 Å². The molecule has 0 spiro atoms. The lowest BCUT2D eigenvalue weighted by Gasteiger charge is -2.07. The predicted octanol–water partition coefficient (Wildman–Crippen LogP) is 0.861.